The van der Waals surface area contributed by atoms with Gasteiger partial charge in [0.15, 0.2) is 0 Å². The Kier molecular flexibility index (Phi) is 4.91. The van der Waals surface area contributed by atoms with Crippen molar-refractivity contribution in [3.8, 4) is 0 Å². The fraction of sp³-hybridized carbons (Fsp3) is 0.235. The van der Waals surface area contributed by atoms with Crippen molar-refractivity contribution in [2.45, 2.75) is 24.5 Å². The Hall–Kier alpha value is -1.94. The molecule has 0 aliphatic carbocycles. The van der Waals surface area contributed by atoms with Crippen molar-refractivity contribution in [3.63, 3.8) is 0 Å². The predicted octanol–water partition coefficient (Wildman–Crippen LogP) is 3.96. The molecule has 0 saturated heterocycles. The third-order valence-corrected chi connectivity index (χ3v) is 4.45. The van der Waals surface area contributed by atoms with Crippen molar-refractivity contribution in [2.24, 2.45) is 0 Å². The van der Waals surface area contributed by atoms with Gasteiger partial charge in [-0.05, 0) is 42.7 Å². The fourth-order valence-electron chi connectivity index (χ4n) is 2.06. The van der Waals surface area contributed by atoms with Gasteiger partial charge < -0.3 is 10.5 Å². The molecule has 0 radical (unpaired) electrons. The van der Waals surface area contributed by atoms with Crippen LogP contribution in [0.5, 0.6) is 0 Å². The highest BCUT2D eigenvalue weighted by atomic mass is 32.2. The Balaban J connectivity index is 2.23. The van der Waals surface area contributed by atoms with E-state index in [4.69, 9.17) is 10.5 Å². The van der Waals surface area contributed by atoms with E-state index in [1.807, 2.05) is 25.1 Å². The Labute approximate surface area is 129 Å². The number of methoxy groups -OCH3 is 1. The van der Waals surface area contributed by atoms with Gasteiger partial charge in [-0.25, -0.2) is 4.79 Å². The highest BCUT2D eigenvalue weighted by Gasteiger charge is 2.13. The lowest BCUT2D eigenvalue weighted by Crippen LogP contribution is -2.07. The summed E-state index contributed by atoms with van der Waals surface area (Å²) in [6.45, 7) is 4.00. The maximum Gasteiger partial charge on any atom is 0.340 e. The van der Waals surface area contributed by atoms with Crippen molar-refractivity contribution in [1.82, 2.24) is 0 Å². The molecular weight excluding hydrogens is 282 g/mol. The van der Waals surface area contributed by atoms with E-state index >= 15 is 0 Å². The van der Waals surface area contributed by atoms with Gasteiger partial charge in [0.05, 0.1) is 12.7 Å². The van der Waals surface area contributed by atoms with E-state index in [1.54, 1.807) is 17.8 Å². The molecule has 0 aliphatic heterocycles. The summed E-state index contributed by atoms with van der Waals surface area (Å²) in [7, 11) is 1.37. The number of esters is 1. The first-order chi connectivity index (χ1) is 10.0. The minimum absolute atomic E-state index is 0.394. The van der Waals surface area contributed by atoms with E-state index in [0.29, 0.717) is 11.3 Å². The first-order valence-corrected chi connectivity index (χ1v) is 7.67. The molecule has 21 heavy (non-hydrogen) atoms. The zero-order valence-electron chi connectivity index (χ0n) is 12.5. The normalized spacial score (nSPS) is 10.4. The number of anilines is 1. The van der Waals surface area contributed by atoms with E-state index in [1.165, 1.54) is 18.2 Å². The van der Waals surface area contributed by atoms with E-state index in [9.17, 15) is 4.79 Å². The minimum atomic E-state index is -0.394. The Morgan fingerprint density at radius 3 is 2.57 bits per heavy atom. The number of ether oxygens (including phenoxy) is 1. The molecular formula is C17H19NO2S. The third-order valence-electron chi connectivity index (χ3n) is 3.42. The molecule has 0 heterocycles. The first kappa shape index (κ1) is 15.4. The van der Waals surface area contributed by atoms with Crippen molar-refractivity contribution >= 4 is 23.4 Å². The topological polar surface area (TPSA) is 52.3 Å². The molecule has 4 heteroatoms. The van der Waals surface area contributed by atoms with Gasteiger partial charge in [-0.3, -0.25) is 0 Å². The highest BCUT2D eigenvalue weighted by molar-refractivity contribution is 7.98. The van der Waals surface area contributed by atoms with Gasteiger partial charge in [0.25, 0.3) is 0 Å². The molecule has 0 aromatic heterocycles. The van der Waals surface area contributed by atoms with Crippen LogP contribution in [0.1, 0.15) is 27.0 Å². The number of aryl methyl sites for hydroxylation is 2. The van der Waals surface area contributed by atoms with Crippen LogP contribution in [0.25, 0.3) is 0 Å². The molecule has 0 aliphatic rings. The maximum atomic E-state index is 11.8. The van der Waals surface area contributed by atoms with Crippen molar-refractivity contribution in [2.75, 3.05) is 12.8 Å². The van der Waals surface area contributed by atoms with E-state index in [2.05, 4.69) is 19.1 Å². The number of benzene rings is 2. The molecule has 2 aromatic rings. The Morgan fingerprint density at radius 1 is 1.19 bits per heavy atom. The first-order valence-electron chi connectivity index (χ1n) is 6.68. The van der Waals surface area contributed by atoms with E-state index < -0.39 is 5.97 Å². The van der Waals surface area contributed by atoms with Gasteiger partial charge in [0, 0.05) is 16.3 Å². The summed E-state index contributed by atoms with van der Waals surface area (Å²) in [4.78, 5) is 12.8. The molecule has 0 fully saturated rings. The third kappa shape index (κ3) is 3.58. The number of thioether (sulfide) groups is 1. The van der Waals surface area contributed by atoms with E-state index in [-0.39, 0.29) is 0 Å². The van der Waals surface area contributed by atoms with Crippen LogP contribution in [0.4, 0.5) is 5.69 Å². The van der Waals surface area contributed by atoms with Crippen molar-refractivity contribution < 1.29 is 9.53 Å². The largest absolute Gasteiger partial charge is 0.465 e. The lowest BCUT2D eigenvalue weighted by molar-refractivity contribution is 0.0601. The molecule has 0 bridgehead atoms. The number of carbonyl (C=O) groups is 1. The van der Waals surface area contributed by atoms with Gasteiger partial charge >= 0.3 is 5.97 Å². The zero-order valence-corrected chi connectivity index (χ0v) is 13.3. The number of rotatable bonds is 4. The molecule has 0 unspecified atom stereocenters. The summed E-state index contributed by atoms with van der Waals surface area (Å²) in [6, 6.07) is 12.1. The molecule has 2 aromatic carbocycles. The van der Waals surface area contributed by atoms with Crippen LogP contribution in [0.2, 0.25) is 0 Å². The molecule has 0 spiro atoms. The van der Waals surface area contributed by atoms with E-state index in [0.717, 1.165) is 16.2 Å². The lowest BCUT2D eigenvalue weighted by Gasteiger charge is -2.11. The molecule has 2 N–H and O–H groups in total. The molecule has 0 saturated carbocycles. The second-order valence-electron chi connectivity index (χ2n) is 4.91. The summed E-state index contributed by atoms with van der Waals surface area (Å²) < 4.78 is 4.78. The summed E-state index contributed by atoms with van der Waals surface area (Å²) in [5.74, 6) is 0.463. The predicted molar refractivity (Wildman–Crippen MR) is 87.7 cm³/mol. The summed E-state index contributed by atoms with van der Waals surface area (Å²) in [5.41, 5.74) is 10.3. The summed E-state index contributed by atoms with van der Waals surface area (Å²) in [6.07, 6.45) is 0. The zero-order chi connectivity index (χ0) is 15.4. The van der Waals surface area contributed by atoms with Crippen LogP contribution in [-0.4, -0.2) is 13.1 Å². The average molecular weight is 301 g/mol. The van der Waals surface area contributed by atoms with Crippen molar-refractivity contribution in [3.05, 3.63) is 58.7 Å². The maximum absolute atomic E-state index is 11.8. The van der Waals surface area contributed by atoms with Crippen LogP contribution in [-0.2, 0) is 10.5 Å². The average Bonchev–Trinajstić information content (AvgIpc) is 2.48. The molecule has 110 valence electrons. The van der Waals surface area contributed by atoms with Gasteiger partial charge in [0.2, 0.25) is 0 Å². The van der Waals surface area contributed by atoms with Gasteiger partial charge in [-0.2, -0.15) is 0 Å². The van der Waals surface area contributed by atoms with Gasteiger partial charge in [-0.1, -0.05) is 24.3 Å². The van der Waals surface area contributed by atoms with Gasteiger partial charge in [0.1, 0.15) is 0 Å². The second kappa shape index (κ2) is 6.68. The summed E-state index contributed by atoms with van der Waals surface area (Å²) >= 11 is 1.69. The number of nitrogen functional groups attached to an aromatic ring is 1. The van der Waals surface area contributed by atoms with Crippen LogP contribution in [0.15, 0.2) is 41.3 Å². The highest BCUT2D eigenvalue weighted by Crippen LogP contribution is 2.29. The quantitative estimate of drug-likeness (QED) is 0.527. The molecule has 0 amide bonds. The monoisotopic (exact) mass is 301 g/mol. The molecule has 3 nitrogen and oxygen atoms in total. The van der Waals surface area contributed by atoms with Crippen molar-refractivity contribution in [1.29, 1.82) is 0 Å². The Bertz CT molecular complexity index is 668. The smallest absolute Gasteiger partial charge is 0.340 e. The second-order valence-corrected chi connectivity index (χ2v) is 5.96. The number of carbonyl (C=O) groups excluding carboxylic acids is 1. The van der Waals surface area contributed by atoms with Crippen LogP contribution < -0.4 is 5.73 Å². The molecule has 0 atom stereocenters. The SMILES string of the molecule is COC(=O)c1cc(SCc2ccccc2C)cc(C)c1N. The van der Waals surface area contributed by atoms with Gasteiger partial charge in [-0.15, -0.1) is 11.8 Å². The molecule has 2 rings (SSSR count). The standard InChI is InChI=1S/C17H19NO2S/c1-11-6-4-5-7-13(11)10-21-14-8-12(2)16(18)15(9-14)17(19)20-3/h4-9H,10,18H2,1-3H3. The lowest BCUT2D eigenvalue weighted by atomic mass is 10.1. The van der Waals surface area contributed by atoms with Crippen LogP contribution in [0.3, 0.4) is 0 Å². The minimum Gasteiger partial charge on any atom is -0.465 e. The number of nitrogens with two attached hydrogens (primary N) is 1. The van der Waals surface area contributed by atoms with Crippen LogP contribution >= 0.6 is 11.8 Å². The Morgan fingerprint density at radius 2 is 1.90 bits per heavy atom. The number of hydrogen-bond donors (Lipinski definition) is 1. The number of hydrogen-bond acceptors (Lipinski definition) is 4. The summed E-state index contributed by atoms with van der Waals surface area (Å²) in [5, 5.41) is 0. The van der Waals surface area contributed by atoms with Crippen LogP contribution in [0, 0.1) is 13.8 Å². The fourth-order valence-corrected chi connectivity index (χ4v) is 3.17.